The van der Waals surface area contributed by atoms with Gasteiger partial charge >= 0.3 is 5.91 Å². The number of aliphatic hydroxyl groups is 1. The molecule has 10 nitrogen and oxygen atoms in total. The Kier molecular flexibility index (Phi) is 5.09. The van der Waals surface area contributed by atoms with Crippen molar-refractivity contribution in [3.8, 4) is 23.0 Å². The third-order valence-corrected chi connectivity index (χ3v) is 6.03. The molecule has 1 atom stereocenters. The van der Waals surface area contributed by atoms with Gasteiger partial charge in [-0.2, -0.15) is 0 Å². The number of rotatable bonds is 5. The lowest BCUT2D eigenvalue weighted by molar-refractivity contribution is -0.132. The molecule has 0 spiro atoms. The number of aromatic nitrogens is 2. The van der Waals surface area contributed by atoms with Crippen LogP contribution in [0.3, 0.4) is 0 Å². The summed E-state index contributed by atoms with van der Waals surface area (Å²) in [6.45, 7) is 0.00947. The highest BCUT2D eigenvalue weighted by Gasteiger charge is 2.48. The van der Waals surface area contributed by atoms with Crippen molar-refractivity contribution in [2.75, 3.05) is 25.9 Å². The molecule has 1 fully saturated rings. The van der Waals surface area contributed by atoms with Gasteiger partial charge in [0.2, 0.25) is 17.7 Å². The van der Waals surface area contributed by atoms with Crippen molar-refractivity contribution in [3.05, 3.63) is 58.6 Å². The molecular formula is C22H17N3O7S. The molecule has 1 amide bonds. The van der Waals surface area contributed by atoms with E-state index in [0.717, 1.165) is 11.3 Å². The molecule has 2 aliphatic rings. The van der Waals surface area contributed by atoms with Gasteiger partial charge < -0.3 is 24.1 Å². The molecule has 168 valence electrons. The van der Waals surface area contributed by atoms with Gasteiger partial charge in [0.15, 0.2) is 11.5 Å². The van der Waals surface area contributed by atoms with Gasteiger partial charge in [0.25, 0.3) is 5.78 Å². The predicted molar refractivity (Wildman–Crippen MR) is 117 cm³/mol. The smallest absolute Gasteiger partial charge is 0.301 e. The molecule has 3 aromatic rings. The maximum absolute atomic E-state index is 13.2. The summed E-state index contributed by atoms with van der Waals surface area (Å²) >= 11 is 1.09. The maximum Gasteiger partial charge on any atom is 0.301 e. The molecular weight excluding hydrogens is 450 g/mol. The van der Waals surface area contributed by atoms with E-state index in [4.69, 9.17) is 18.9 Å². The number of fused-ring (bicyclic) bond motifs is 1. The van der Waals surface area contributed by atoms with Crippen molar-refractivity contribution >= 4 is 33.9 Å². The number of anilines is 1. The summed E-state index contributed by atoms with van der Waals surface area (Å²) in [4.78, 5) is 27.5. The van der Waals surface area contributed by atoms with E-state index in [9.17, 15) is 14.7 Å². The van der Waals surface area contributed by atoms with Gasteiger partial charge in [-0.15, -0.1) is 10.2 Å². The second-order valence-electron chi connectivity index (χ2n) is 7.08. The Hall–Kier alpha value is -4.12. The summed E-state index contributed by atoms with van der Waals surface area (Å²) in [5, 5.41) is 19.2. The monoisotopic (exact) mass is 467 g/mol. The number of nitrogens with zero attached hydrogens (tertiary/aromatic N) is 3. The first kappa shape index (κ1) is 20.8. The minimum Gasteiger partial charge on any atom is -0.507 e. The number of Topliss-reactive ketones (excluding diaryl/α,β-unsaturated/α-hetero) is 1. The van der Waals surface area contributed by atoms with E-state index < -0.39 is 17.7 Å². The van der Waals surface area contributed by atoms with E-state index in [2.05, 4.69) is 10.2 Å². The second-order valence-corrected chi connectivity index (χ2v) is 7.89. The summed E-state index contributed by atoms with van der Waals surface area (Å²) < 4.78 is 21.6. The van der Waals surface area contributed by atoms with Crippen LogP contribution in [0.4, 0.5) is 5.13 Å². The Morgan fingerprint density at radius 1 is 1.18 bits per heavy atom. The molecule has 1 aromatic heterocycles. The molecule has 0 aliphatic carbocycles. The number of ketones is 1. The summed E-state index contributed by atoms with van der Waals surface area (Å²) in [5.41, 5.74) is 2.13. The van der Waals surface area contributed by atoms with Gasteiger partial charge in [-0.1, -0.05) is 23.5 Å². The van der Waals surface area contributed by atoms with Crippen LogP contribution in [0, 0.1) is 0 Å². The Labute approximate surface area is 191 Å². The van der Waals surface area contributed by atoms with Crippen molar-refractivity contribution in [1.29, 1.82) is 0 Å². The van der Waals surface area contributed by atoms with Crippen LogP contribution in [-0.4, -0.2) is 48.0 Å². The van der Waals surface area contributed by atoms with Crippen LogP contribution in [0.2, 0.25) is 0 Å². The molecule has 1 unspecified atom stereocenters. The number of hydrogen-bond acceptors (Lipinski definition) is 10. The number of ether oxygens (including phenoxy) is 4. The first-order chi connectivity index (χ1) is 16.0. The number of hydrogen-bond donors (Lipinski definition) is 1. The van der Waals surface area contributed by atoms with Crippen molar-refractivity contribution in [3.63, 3.8) is 0 Å². The molecule has 1 saturated heterocycles. The van der Waals surface area contributed by atoms with Gasteiger partial charge in [-0.3, -0.25) is 14.5 Å². The maximum atomic E-state index is 13.2. The van der Waals surface area contributed by atoms with Gasteiger partial charge in [-0.05, 0) is 29.8 Å². The van der Waals surface area contributed by atoms with E-state index in [-0.39, 0.29) is 23.3 Å². The molecule has 0 bridgehead atoms. The Bertz CT molecular complexity index is 1290. The summed E-state index contributed by atoms with van der Waals surface area (Å²) in [5.74, 6) is -0.371. The number of amides is 1. The van der Waals surface area contributed by atoms with E-state index in [1.807, 2.05) is 0 Å². The lowest BCUT2D eigenvalue weighted by atomic mass is 9.94. The average molecular weight is 467 g/mol. The van der Waals surface area contributed by atoms with Gasteiger partial charge in [-0.25, -0.2) is 0 Å². The highest BCUT2D eigenvalue weighted by atomic mass is 32.1. The quantitative estimate of drug-likeness (QED) is 0.343. The van der Waals surface area contributed by atoms with Crippen molar-refractivity contribution in [2.24, 2.45) is 0 Å². The van der Waals surface area contributed by atoms with Crippen molar-refractivity contribution in [2.45, 2.75) is 6.04 Å². The molecule has 2 aromatic carbocycles. The fourth-order valence-electron chi connectivity index (χ4n) is 3.85. The molecule has 0 radical (unpaired) electrons. The largest absolute Gasteiger partial charge is 0.507 e. The fourth-order valence-corrected chi connectivity index (χ4v) is 4.44. The van der Waals surface area contributed by atoms with E-state index in [0.29, 0.717) is 34.1 Å². The number of carbonyl (C=O) groups excluding carboxylic acids is 2. The first-order valence-electron chi connectivity index (χ1n) is 9.72. The Balaban J connectivity index is 1.74. The molecule has 11 heteroatoms. The fraction of sp³-hybridized carbons (Fsp3) is 0.182. The van der Waals surface area contributed by atoms with Crippen LogP contribution in [0.25, 0.3) is 5.76 Å². The summed E-state index contributed by atoms with van der Waals surface area (Å²) in [7, 11) is 2.96. The van der Waals surface area contributed by atoms with Crippen LogP contribution in [0.1, 0.15) is 17.2 Å². The van der Waals surface area contributed by atoms with Crippen LogP contribution in [-0.2, 0) is 9.59 Å². The van der Waals surface area contributed by atoms with E-state index in [1.165, 1.54) is 24.6 Å². The minimum absolute atomic E-state index is 0.00947. The van der Waals surface area contributed by atoms with Crippen LogP contribution in [0.15, 0.2) is 47.5 Å². The molecule has 5 rings (SSSR count). The number of benzene rings is 2. The molecule has 0 saturated carbocycles. The van der Waals surface area contributed by atoms with E-state index >= 15 is 0 Å². The zero-order valence-corrected chi connectivity index (χ0v) is 18.3. The third-order valence-electron chi connectivity index (χ3n) is 5.34. The normalized spacial score (nSPS) is 18.6. The molecule has 1 N–H and O–H groups in total. The number of carbonyl (C=O) groups is 2. The highest BCUT2D eigenvalue weighted by molar-refractivity contribution is 7.13. The van der Waals surface area contributed by atoms with Crippen molar-refractivity contribution in [1.82, 2.24) is 10.2 Å². The van der Waals surface area contributed by atoms with Crippen molar-refractivity contribution < 1.29 is 33.6 Å². The summed E-state index contributed by atoms with van der Waals surface area (Å²) in [6.07, 6.45) is 0. The minimum atomic E-state index is -1.01. The van der Waals surface area contributed by atoms with Gasteiger partial charge in [0.05, 0.1) is 25.8 Å². The third kappa shape index (κ3) is 3.33. The zero-order valence-electron chi connectivity index (χ0n) is 17.5. The topological polar surface area (TPSA) is 120 Å². The lowest BCUT2D eigenvalue weighted by Gasteiger charge is -2.23. The average Bonchev–Trinajstić information content (AvgIpc) is 3.58. The number of methoxy groups -OCH3 is 2. The van der Waals surface area contributed by atoms with Crippen LogP contribution >= 0.6 is 11.3 Å². The molecule has 2 aliphatic heterocycles. The van der Waals surface area contributed by atoms with E-state index in [1.54, 1.807) is 36.4 Å². The SMILES string of the molecule is COc1cccc(/C(O)=C2\C(=O)C(=O)N(c3nncs3)C2c2cc(OC)c3c(c2)OCO3)c1. The highest BCUT2D eigenvalue weighted by Crippen LogP contribution is 2.48. The van der Waals surface area contributed by atoms with Crippen LogP contribution in [0.5, 0.6) is 23.0 Å². The van der Waals surface area contributed by atoms with Gasteiger partial charge in [0.1, 0.15) is 17.0 Å². The number of aliphatic hydroxyl groups excluding tert-OH is 1. The first-order valence-corrected chi connectivity index (χ1v) is 10.6. The molecule has 33 heavy (non-hydrogen) atoms. The van der Waals surface area contributed by atoms with Crippen LogP contribution < -0.4 is 23.8 Å². The Morgan fingerprint density at radius 3 is 2.76 bits per heavy atom. The molecule has 3 heterocycles. The predicted octanol–water partition coefficient (Wildman–Crippen LogP) is 2.91. The lowest BCUT2D eigenvalue weighted by Crippen LogP contribution is -2.29. The summed E-state index contributed by atoms with van der Waals surface area (Å²) in [6, 6.07) is 8.85. The Morgan fingerprint density at radius 2 is 2.03 bits per heavy atom. The second kappa shape index (κ2) is 8.10. The van der Waals surface area contributed by atoms with Gasteiger partial charge in [0, 0.05) is 5.56 Å². The zero-order chi connectivity index (χ0) is 23.1. The standard InChI is InChI=1S/C22H17N3O7S/c1-29-13-5-3-4-11(6-13)18(26)16-17(25(21(28)19(16)27)22-24-23-9-33-22)12-7-14(30-2)20-15(8-12)31-10-32-20/h3-9,17,26H,10H2,1-2H3/b18-16+.